The summed E-state index contributed by atoms with van der Waals surface area (Å²) in [5.74, 6) is -4.68. The number of carboxylic acids is 1. The van der Waals surface area contributed by atoms with Crippen molar-refractivity contribution >= 4 is 16.7 Å². The van der Waals surface area contributed by atoms with Gasteiger partial charge < -0.3 is 5.11 Å². The minimum atomic E-state index is -3.04. The number of benzene rings is 2. The SMILES string of the molecule is Cc1ccc2ccccc2c1C(F)(F)CC(C)CC(=O)O. The van der Waals surface area contributed by atoms with Crippen molar-refractivity contribution < 1.29 is 18.7 Å². The number of fused-ring (bicyclic) bond motifs is 1. The quantitative estimate of drug-likeness (QED) is 0.864. The second-order valence-electron chi connectivity index (χ2n) is 5.59. The molecule has 1 N–H and O–H groups in total. The van der Waals surface area contributed by atoms with E-state index in [9.17, 15) is 13.6 Å². The molecule has 0 radical (unpaired) electrons. The first-order chi connectivity index (χ1) is 9.81. The Kier molecular flexibility index (Phi) is 4.26. The van der Waals surface area contributed by atoms with Crippen molar-refractivity contribution in [3.63, 3.8) is 0 Å². The standard InChI is InChI=1S/C17H18F2O2/c1-11(9-15(20)21)10-17(18,19)16-12(2)7-8-13-5-3-4-6-14(13)16/h3-8,11H,9-10H2,1-2H3,(H,20,21). The summed E-state index contributed by atoms with van der Waals surface area (Å²) in [6, 6.07) is 10.6. The maximum Gasteiger partial charge on any atom is 0.303 e. The number of aryl methyl sites for hydroxylation is 1. The molecule has 0 bridgehead atoms. The van der Waals surface area contributed by atoms with E-state index in [1.807, 2.05) is 12.1 Å². The number of hydrogen-bond donors (Lipinski definition) is 1. The average Bonchev–Trinajstić information content (AvgIpc) is 2.36. The molecule has 0 saturated carbocycles. The van der Waals surface area contributed by atoms with Gasteiger partial charge in [-0.15, -0.1) is 0 Å². The molecular formula is C17H18F2O2. The Morgan fingerprint density at radius 3 is 2.57 bits per heavy atom. The van der Waals surface area contributed by atoms with Gasteiger partial charge >= 0.3 is 5.97 Å². The van der Waals surface area contributed by atoms with Gasteiger partial charge in [0.2, 0.25) is 0 Å². The van der Waals surface area contributed by atoms with Crippen LogP contribution in [0.25, 0.3) is 10.8 Å². The summed E-state index contributed by atoms with van der Waals surface area (Å²) < 4.78 is 29.3. The summed E-state index contributed by atoms with van der Waals surface area (Å²) in [6.07, 6.45) is -0.715. The predicted octanol–water partition coefficient (Wildman–Crippen LogP) is 4.74. The third-order valence-electron chi connectivity index (χ3n) is 3.63. The van der Waals surface area contributed by atoms with Crippen LogP contribution in [0.15, 0.2) is 36.4 Å². The van der Waals surface area contributed by atoms with Crippen LogP contribution in [-0.4, -0.2) is 11.1 Å². The molecule has 0 saturated heterocycles. The van der Waals surface area contributed by atoms with Crippen LogP contribution in [-0.2, 0) is 10.7 Å². The lowest BCUT2D eigenvalue weighted by atomic mass is 9.89. The second-order valence-corrected chi connectivity index (χ2v) is 5.59. The van der Waals surface area contributed by atoms with Crippen molar-refractivity contribution in [3.05, 3.63) is 47.5 Å². The lowest BCUT2D eigenvalue weighted by molar-refractivity contribution is -0.138. The second kappa shape index (κ2) is 5.80. The van der Waals surface area contributed by atoms with Gasteiger partial charge in [0.1, 0.15) is 0 Å². The van der Waals surface area contributed by atoms with E-state index in [1.54, 1.807) is 38.1 Å². The Balaban J connectivity index is 2.44. The van der Waals surface area contributed by atoms with Crippen LogP contribution in [0.2, 0.25) is 0 Å². The molecule has 0 amide bonds. The van der Waals surface area contributed by atoms with Gasteiger partial charge in [-0.3, -0.25) is 4.79 Å². The van der Waals surface area contributed by atoms with E-state index in [0.29, 0.717) is 10.9 Å². The van der Waals surface area contributed by atoms with Crippen LogP contribution in [0.5, 0.6) is 0 Å². The molecule has 0 aliphatic carbocycles. The summed E-state index contributed by atoms with van der Waals surface area (Å²) in [6.45, 7) is 3.21. The number of aliphatic carboxylic acids is 1. The Morgan fingerprint density at radius 2 is 1.90 bits per heavy atom. The Bertz CT molecular complexity index is 665. The molecule has 2 rings (SSSR count). The fraction of sp³-hybridized carbons (Fsp3) is 0.353. The van der Waals surface area contributed by atoms with E-state index in [-0.39, 0.29) is 12.0 Å². The van der Waals surface area contributed by atoms with Crippen LogP contribution in [0.3, 0.4) is 0 Å². The molecule has 1 atom stereocenters. The van der Waals surface area contributed by atoms with E-state index < -0.39 is 24.2 Å². The molecule has 0 heterocycles. The maximum atomic E-state index is 14.7. The highest BCUT2D eigenvalue weighted by molar-refractivity contribution is 5.87. The Labute approximate surface area is 122 Å². The molecule has 0 spiro atoms. The highest BCUT2D eigenvalue weighted by Crippen LogP contribution is 2.41. The van der Waals surface area contributed by atoms with Gasteiger partial charge in [-0.1, -0.05) is 43.3 Å². The molecule has 0 aromatic heterocycles. The molecule has 0 aliphatic heterocycles. The first-order valence-electron chi connectivity index (χ1n) is 6.89. The fourth-order valence-corrected chi connectivity index (χ4v) is 2.78. The third-order valence-corrected chi connectivity index (χ3v) is 3.63. The average molecular weight is 292 g/mol. The maximum absolute atomic E-state index is 14.7. The van der Waals surface area contributed by atoms with Gasteiger partial charge in [-0.25, -0.2) is 8.78 Å². The molecule has 21 heavy (non-hydrogen) atoms. The Hall–Kier alpha value is -1.97. The highest BCUT2D eigenvalue weighted by Gasteiger charge is 2.36. The molecule has 2 nitrogen and oxygen atoms in total. The van der Waals surface area contributed by atoms with Gasteiger partial charge in [0.15, 0.2) is 0 Å². The van der Waals surface area contributed by atoms with Gasteiger partial charge in [0, 0.05) is 18.4 Å². The van der Waals surface area contributed by atoms with Gasteiger partial charge in [-0.05, 0) is 29.2 Å². The van der Waals surface area contributed by atoms with Crippen LogP contribution in [0, 0.1) is 12.8 Å². The zero-order valence-electron chi connectivity index (χ0n) is 12.1. The molecule has 1 unspecified atom stereocenters. The number of carbonyl (C=O) groups is 1. The number of halogens is 2. The summed E-state index contributed by atoms with van der Waals surface area (Å²) in [7, 11) is 0. The van der Waals surface area contributed by atoms with E-state index in [2.05, 4.69) is 0 Å². The van der Waals surface area contributed by atoms with Crippen LogP contribution in [0.4, 0.5) is 8.78 Å². The monoisotopic (exact) mass is 292 g/mol. The van der Waals surface area contributed by atoms with Crippen LogP contribution in [0.1, 0.15) is 30.9 Å². The lowest BCUT2D eigenvalue weighted by Gasteiger charge is -2.23. The van der Waals surface area contributed by atoms with E-state index in [4.69, 9.17) is 5.11 Å². The predicted molar refractivity (Wildman–Crippen MR) is 78.6 cm³/mol. The number of alkyl halides is 2. The van der Waals surface area contributed by atoms with Crippen molar-refractivity contribution in [1.82, 2.24) is 0 Å². The van der Waals surface area contributed by atoms with E-state index in [1.165, 1.54) is 0 Å². The van der Waals surface area contributed by atoms with Crippen molar-refractivity contribution in [3.8, 4) is 0 Å². The highest BCUT2D eigenvalue weighted by atomic mass is 19.3. The minimum absolute atomic E-state index is 0.0119. The summed E-state index contributed by atoms with van der Waals surface area (Å²) in [5, 5.41) is 10.0. The lowest BCUT2D eigenvalue weighted by Crippen LogP contribution is -2.20. The third kappa shape index (κ3) is 3.38. The Morgan fingerprint density at radius 1 is 1.24 bits per heavy atom. The summed E-state index contributed by atoms with van der Waals surface area (Å²) in [5.41, 5.74) is 0.541. The molecule has 0 fully saturated rings. The van der Waals surface area contributed by atoms with Gasteiger partial charge in [0.25, 0.3) is 5.92 Å². The van der Waals surface area contributed by atoms with Gasteiger partial charge in [0.05, 0.1) is 0 Å². The number of carboxylic acid groups (broad SMARTS) is 1. The zero-order chi connectivity index (χ0) is 15.6. The van der Waals surface area contributed by atoms with Crippen molar-refractivity contribution in [2.45, 2.75) is 32.6 Å². The zero-order valence-corrected chi connectivity index (χ0v) is 12.1. The van der Waals surface area contributed by atoms with Crippen LogP contribution < -0.4 is 0 Å². The number of rotatable bonds is 5. The normalized spacial score (nSPS) is 13.3. The largest absolute Gasteiger partial charge is 0.481 e. The molecule has 112 valence electrons. The minimum Gasteiger partial charge on any atom is -0.481 e. The first-order valence-corrected chi connectivity index (χ1v) is 6.89. The molecule has 4 heteroatoms. The fourth-order valence-electron chi connectivity index (χ4n) is 2.78. The summed E-state index contributed by atoms with van der Waals surface area (Å²) >= 11 is 0. The van der Waals surface area contributed by atoms with Crippen molar-refractivity contribution in [1.29, 1.82) is 0 Å². The first kappa shape index (κ1) is 15.4. The van der Waals surface area contributed by atoms with E-state index >= 15 is 0 Å². The topological polar surface area (TPSA) is 37.3 Å². The van der Waals surface area contributed by atoms with E-state index in [0.717, 1.165) is 5.39 Å². The number of hydrogen-bond acceptors (Lipinski definition) is 1. The summed E-state index contributed by atoms with van der Waals surface area (Å²) in [4.78, 5) is 10.7. The van der Waals surface area contributed by atoms with Crippen molar-refractivity contribution in [2.24, 2.45) is 5.92 Å². The van der Waals surface area contributed by atoms with Crippen LogP contribution >= 0.6 is 0 Å². The molecular weight excluding hydrogens is 274 g/mol. The van der Waals surface area contributed by atoms with Crippen molar-refractivity contribution in [2.75, 3.05) is 0 Å². The van der Waals surface area contributed by atoms with Gasteiger partial charge in [-0.2, -0.15) is 0 Å². The molecule has 2 aromatic rings. The molecule has 0 aliphatic rings. The molecule has 2 aromatic carbocycles. The smallest absolute Gasteiger partial charge is 0.303 e.